The first-order valence-corrected chi connectivity index (χ1v) is 4.83. The lowest BCUT2D eigenvalue weighted by atomic mass is 10.2. The Morgan fingerprint density at radius 2 is 2.29 bits per heavy atom. The fourth-order valence-corrected chi connectivity index (χ4v) is 1.57. The monoisotopic (exact) mass is 253 g/mol. The summed E-state index contributed by atoms with van der Waals surface area (Å²) < 4.78 is 10.9. The lowest BCUT2D eigenvalue weighted by Gasteiger charge is -2.02. The molecule has 0 bridgehead atoms. The van der Waals surface area contributed by atoms with Gasteiger partial charge in [0.1, 0.15) is 10.4 Å². The molecule has 4 heteroatoms. The average Bonchev–Trinajstić information content (AvgIpc) is 2.69. The first-order valence-electron chi connectivity index (χ1n) is 4.04. The van der Waals surface area contributed by atoms with E-state index in [1.54, 1.807) is 19.6 Å². The smallest absolute Gasteiger partial charge is 0.123 e. The van der Waals surface area contributed by atoms with Crippen LogP contribution in [0.5, 0.6) is 5.75 Å². The van der Waals surface area contributed by atoms with Crippen molar-refractivity contribution in [1.29, 1.82) is 0 Å². The van der Waals surface area contributed by atoms with Crippen molar-refractivity contribution in [2.75, 3.05) is 7.11 Å². The standard InChI is InChI=1S/C10H8BrNO2/c1-13-8-4-9(12-10(11)5-8)7-2-3-14-6-7/h2-6H,1H3. The zero-order chi connectivity index (χ0) is 9.97. The Labute approximate surface area is 89.8 Å². The van der Waals surface area contributed by atoms with E-state index in [0.717, 1.165) is 21.6 Å². The molecule has 0 fully saturated rings. The van der Waals surface area contributed by atoms with Crippen molar-refractivity contribution < 1.29 is 9.15 Å². The predicted molar refractivity (Wildman–Crippen MR) is 56.2 cm³/mol. The highest BCUT2D eigenvalue weighted by Crippen LogP contribution is 2.25. The van der Waals surface area contributed by atoms with E-state index < -0.39 is 0 Å². The highest BCUT2D eigenvalue weighted by molar-refractivity contribution is 9.10. The Morgan fingerprint density at radius 3 is 2.93 bits per heavy atom. The van der Waals surface area contributed by atoms with Crippen molar-refractivity contribution in [3.63, 3.8) is 0 Å². The molecule has 0 amide bonds. The minimum Gasteiger partial charge on any atom is -0.497 e. The molecule has 2 rings (SSSR count). The molecule has 3 nitrogen and oxygen atoms in total. The zero-order valence-corrected chi connectivity index (χ0v) is 9.11. The highest BCUT2D eigenvalue weighted by atomic mass is 79.9. The lowest BCUT2D eigenvalue weighted by molar-refractivity contribution is 0.414. The predicted octanol–water partition coefficient (Wildman–Crippen LogP) is 3.11. The molecule has 0 aliphatic heterocycles. The van der Waals surface area contributed by atoms with Gasteiger partial charge in [-0.05, 0) is 22.0 Å². The van der Waals surface area contributed by atoms with Crippen LogP contribution in [0.2, 0.25) is 0 Å². The molecule has 0 spiro atoms. The second kappa shape index (κ2) is 3.84. The van der Waals surface area contributed by atoms with E-state index in [1.165, 1.54) is 0 Å². The molecule has 0 radical (unpaired) electrons. The fourth-order valence-electron chi connectivity index (χ4n) is 1.15. The van der Waals surface area contributed by atoms with Crippen molar-refractivity contribution in [1.82, 2.24) is 4.98 Å². The van der Waals surface area contributed by atoms with Crippen molar-refractivity contribution in [3.05, 3.63) is 35.3 Å². The number of aromatic nitrogens is 1. The molecule has 0 saturated carbocycles. The van der Waals surface area contributed by atoms with Crippen molar-refractivity contribution in [2.24, 2.45) is 0 Å². The van der Waals surface area contributed by atoms with Crippen LogP contribution in [0.3, 0.4) is 0 Å². The second-order valence-electron chi connectivity index (χ2n) is 2.73. The van der Waals surface area contributed by atoms with Gasteiger partial charge in [0.25, 0.3) is 0 Å². The molecule has 0 aliphatic rings. The van der Waals surface area contributed by atoms with Crippen molar-refractivity contribution in [3.8, 4) is 17.0 Å². The van der Waals surface area contributed by atoms with E-state index in [0.29, 0.717) is 0 Å². The maximum absolute atomic E-state index is 5.13. The number of furan rings is 1. The number of methoxy groups -OCH3 is 1. The van der Waals surface area contributed by atoms with Gasteiger partial charge in [-0.25, -0.2) is 4.98 Å². The fraction of sp³-hybridized carbons (Fsp3) is 0.100. The van der Waals surface area contributed by atoms with Gasteiger partial charge in [-0.2, -0.15) is 0 Å². The van der Waals surface area contributed by atoms with E-state index in [9.17, 15) is 0 Å². The van der Waals surface area contributed by atoms with Gasteiger partial charge in [-0.3, -0.25) is 0 Å². The largest absolute Gasteiger partial charge is 0.497 e. The Kier molecular flexibility index (Phi) is 2.54. The summed E-state index contributed by atoms with van der Waals surface area (Å²) in [6.07, 6.45) is 3.26. The molecule has 0 N–H and O–H groups in total. The number of ether oxygens (including phenoxy) is 1. The Balaban J connectivity index is 2.48. The third-order valence-corrected chi connectivity index (χ3v) is 2.23. The van der Waals surface area contributed by atoms with Gasteiger partial charge >= 0.3 is 0 Å². The van der Waals surface area contributed by atoms with Crippen LogP contribution in [-0.4, -0.2) is 12.1 Å². The number of rotatable bonds is 2. The van der Waals surface area contributed by atoms with Gasteiger partial charge in [-0.15, -0.1) is 0 Å². The van der Waals surface area contributed by atoms with Gasteiger partial charge in [0, 0.05) is 17.7 Å². The topological polar surface area (TPSA) is 35.3 Å². The number of nitrogens with zero attached hydrogens (tertiary/aromatic N) is 1. The molecule has 0 aliphatic carbocycles. The van der Waals surface area contributed by atoms with Crippen LogP contribution >= 0.6 is 15.9 Å². The van der Waals surface area contributed by atoms with Crippen LogP contribution in [0.25, 0.3) is 11.3 Å². The molecule has 72 valence electrons. The molecule has 0 saturated heterocycles. The molecule has 0 aromatic carbocycles. The minimum atomic E-state index is 0.744. The van der Waals surface area contributed by atoms with E-state index in [-0.39, 0.29) is 0 Å². The van der Waals surface area contributed by atoms with Crippen LogP contribution in [0.1, 0.15) is 0 Å². The molecule has 2 aromatic heterocycles. The van der Waals surface area contributed by atoms with Crippen LogP contribution in [0.4, 0.5) is 0 Å². The second-order valence-corrected chi connectivity index (χ2v) is 3.54. The Bertz CT molecular complexity index is 426. The molecular weight excluding hydrogens is 246 g/mol. The number of hydrogen-bond acceptors (Lipinski definition) is 3. The normalized spacial score (nSPS) is 10.1. The molecule has 14 heavy (non-hydrogen) atoms. The summed E-state index contributed by atoms with van der Waals surface area (Å²) in [5.74, 6) is 0.767. The van der Waals surface area contributed by atoms with Gasteiger partial charge in [-0.1, -0.05) is 0 Å². The number of halogens is 1. The van der Waals surface area contributed by atoms with Crippen molar-refractivity contribution in [2.45, 2.75) is 0 Å². The third kappa shape index (κ3) is 1.80. The summed E-state index contributed by atoms with van der Waals surface area (Å²) in [5.41, 5.74) is 1.76. The zero-order valence-electron chi connectivity index (χ0n) is 7.53. The number of pyridine rings is 1. The Morgan fingerprint density at radius 1 is 1.43 bits per heavy atom. The lowest BCUT2D eigenvalue weighted by Crippen LogP contribution is -1.87. The van der Waals surface area contributed by atoms with Gasteiger partial charge in [0.2, 0.25) is 0 Å². The summed E-state index contributed by atoms with van der Waals surface area (Å²) in [6, 6.07) is 5.52. The minimum absolute atomic E-state index is 0.744. The maximum Gasteiger partial charge on any atom is 0.123 e. The van der Waals surface area contributed by atoms with Gasteiger partial charge in [0.15, 0.2) is 0 Å². The first-order chi connectivity index (χ1) is 6.79. The molecule has 0 atom stereocenters. The molecular formula is C10H8BrNO2. The summed E-state index contributed by atoms with van der Waals surface area (Å²) in [4.78, 5) is 4.30. The number of hydrogen-bond donors (Lipinski definition) is 0. The van der Waals surface area contributed by atoms with E-state index in [4.69, 9.17) is 9.15 Å². The molecule has 2 aromatic rings. The van der Waals surface area contributed by atoms with Gasteiger partial charge in [0.05, 0.1) is 25.3 Å². The summed E-state index contributed by atoms with van der Waals surface area (Å²) in [5, 5.41) is 0. The Hall–Kier alpha value is -1.29. The van der Waals surface area contributed by atoms with Crippen LogP contribution in [0.15, 0.2) is 39.7 Å². The van der Waals surface area contributed by atoms with Crippen molar-refractivity contribution >= 4 is 15.9 Å². The van der Waals surface area contributed by atoms with E-state index >= 15 is 0 Å². The van der Waals surface area contributed by atoms with Crippen LogP contribution < -0.4 is 4.74 Å². The quantitative estimate of drug-likeness (QED) is 0.772. The van der Waals surface area contributed by atoms with Gasteiger partial charge < -0.3 is 9.15 Å². The summed E-state index contributed by atoms with van der Waals surface area (Å²) in [7, 11) is 1.63. The van der Waals surface area contributed by atoms with Crippen LogP contribution in [-0.2, 0) is 0 Å². The summed E-state index contributed by atoms with van der Waals surface area (Å²) in [6.45, 7) is 0. The van der Waals surface area contributed by atoms with E-state index in [1.807, 2.05) is 18.2 Å². The first kappa shape index (κ1) is 9.27. The average molecular weight is 254 g/mol. The molecule has 0 unspecified atom stereocenters. The van der Waals surface area contributed by atoms with Crippen LogP contribution in [0, 0.1) is 0 Å². The third-order valence-electron chi connectivity index (χ3n) is 1.82. The maximum atomic E-state index is 5.13. The molecule has 2 heterocycles. The van der Waals surface area contributed by atoms with E-state index in [2.05, 4.69) is 20.9 Å². The highest BCUT2D eigenvalue weighted by Gasteiger charge is 2.04. The SMILES string of the molecule is COc1cc(Br)nc(-c2ccoc2)c1. The summed E-state index contributed by atoms with van der Waals surface area (Å²) >= 11 is 3.32.